The molecule has 2 heteroatoms. The summed E-state index contributed by atoms with van der Waals surface area (Å²) in [5, 5.41) is 1.52. The minimum Gasteiger partial charge on any atom is -0.0843 e. The SMILES string of the molecule is Clc1ccc2c(c1)-c1cc(Cl)ccc1C2c1ccccc1. The fourth-order valence-electron chi connectivity index (χ4n) is 3.20. The van der Waals surface area contributed by atoms with E-state index >= 15 is 0 Å². The largest absolute Gasteiger partial charge is 0.0843 e. The maximum Gasteiger partial charge on any atom is 0.0412 e. The van der Waals surface area contributed by atoms with Crippen molar-refractivity contribution >= 4 is 23.2 Å². The fourth-order valence-corrected chi connectivity index (χ4v) is 3.54. The summed E-state index contributed by atoms with van der Waals surface area (Å²) < 4.78 is 0. The van der Waals surface area contributed by atoms with Gasteiger partial charge in [0.1, 0.15) is 0 Å². The Bertz CT molecular complexity index is 771. The quantitative estimate of drug-likeness (QED) is 0.395. The summed E-state index contributed by atoms with van der Waals surface area (Å²) in [5.74, 6) is 0.255. The van der Waals surface area contributed by atoms with Crippen molar-refractivity contribution in [2.45, 2.75) is 5.92 Å². The van der Waals surface area contributed by atoms with E-state index in [1.54, 1.807) is 0 Å². The van der Waals surface area contributed by atoms with E-state index in [0.717, 1.165) is 10.0 Å². The Balaban J connectivity index is 2.02. The van der Waals surface area contributed by atoms with Crippen LogP contribution in [0.15, 0.2) is 66.7 Å². The first-order chi connectivity index (χ1) is 10.2. The minimum absolute atomic E-state index is 0.255. The molecule has 4 rings (SSSR count). The molecular formula is C19H12Cl2. The van der Waals surface area contributed by atoms with Crippen molar-refractivity contribution in [3.05, 3.63) is 93.5 Å². The van der Waals surface area contributed by atoms with Crippen LogP contribution in [0.2, 0.25) is 10.0 Å². The Morgan fingerprint density at radius 1 is 0.619 bits per heavy atom. The fraction of sp³-hybridized carbons (Fsp3) is 0.0526. The highest BCUT2D eigenvalue weighted by molar-refractivity contribution is 6.31. The predicted octanol–water partition coefficient (Wildman–Crippen LogP) is 6.15. The molecule has 0 saturated heterocycles. The van der Waals surface area contributed by atoms with E-state index in [2.05, 4.69) is 36.4 Å². The Kier molecular flexibility index (Phi) is 3.02. The lowest BCUT2D eigenvalue weighted by molar-refractivity contribution is 1.02. The molecule has 1 aliphatic carbocycles. The Morgan fingerprint density at radius 3 is 1.67 bits per heavy atom. The second-order valence-corrected chi connectivity index (χ2v) is 6.18. The van der Waals surface area contributed by atoms with Gasteiger partial charge in [-0.1, -0.05) is 65.7 Å². The van der Waals surface area contributed by atoms with Gasteiger partial charge >= 0.3 is 0 Å². The lowest BCUT2D eigenvalue weighted by atomic mass is 9.89. The molecule has 0 saturated carbocycles. The molecule has 3 aromatic rings. The second-order valence-electron chi connectivity index (χ2n) is 5.31. The van der Waals surface area contributed by atoms with Crippen LogP contribution in [0.25, 0.3) is 11.1 Å². The summed E-state index contributed by atoms with van der Waals surface area (Å²) in [4.78, 5) is 0. The molecule has 0 N–H and O–H groups in total. The molecule has 21 heavy (non-hydrogen) atoms. The number of hydrogen-bond donors (Lipinski definition) is 0. The third-order valence-electron chi connectivity index (χ3n) is 4.08. The maximum absolute atomic E-state index is 6.19. The van der Waals surface area contributed by atoms with Crippen molar-refractivity contribution in [2.75, 3.05) is 0 Å². The van der Waals surface area contributed by atoms with Gasteiger partial charge in [-0.15, -0.1) is 0 Å². The van der Waals surface area contributed by atoms with Crippen molar-refractivity contribution in [1.29, 1.82) is 0 Å². The summed E-state index contributed by atoms with van der Waals surface area (Å²) in [6.07, 6.45) is 0. The van der Waals surface area contributed by atoms with Crippen LogP contribution in [-0.2, 0) is 0 Å². The standard InChI is InChI=1S/C19H12Cl2/c20-13-6-8-15-17(10-13)18-11-14(21)7-9-16(18)19(15)12-4-2-1-3-5-12/h1-11,19H. The first kappa shape index (κ1) is 12.9. The van der Waals surface area contributed by atoms with Crippen molar-refractivity contribution in [3.63, 3.8) is 0 Å². The predicted molar refractivity (Wildman–Crippen MR) is 89.3 cm³/mol. The van der Waals surface area contributed by atoms with Gasteiger partial charge in [0, 0.05) is 16.0 Å². The molecule has 1 aliphatic rings. The summed E-state index contributed by atoms with van der Waals surface area (Å²) in [7, 11) is 0. The normalized spacial score (nSPS) is 13.0. The van der Waals surface area contributed by atoms with Gasteiger partial charge in [0.15, 0.2) is 0 Å². The van der Waals surface area contributed by atoms with Crippen molar-refractivity contribution in [1.82, 2.24) is 0 Å². The number of hydrogen-bond acceptors (Lipinski definition) is 0. The van der Waals surface area contributed by atoms with E-state index in [1.807, 2.05) is 30.3 Å². The molecule has 0 bridgehead atoms. The second kappa shape index (κ2) is 4.91. The van der Waals surface area contributed by atoms with Gasteiger partial charge in [-0.2, -0.15) is 0 Å². The lowest BCUT2D eigenvalue weighted by Gasteiger charge is -2.14. The average molecular weight is 311 g/mol. The lowest BCUT2D eigenvalue weighted by Crippen LogP contribution is -1.98. The number of rotatable bonds is 1. The van der Waals surface area contributed by atoms with Gasteiger partial charge in [-0.25, -0.2) is 0 Å². The molecule has 0 aliphatic heterocycles. The van der Waals surface area contributed by atoms with E-state index in [9.17, 15) is 0 Å². The first-order valence-corrected chi connectivity index (χ1v) is 7.64. The zero-order chi connectivity index (χ0) is 14.4. The van der Waals surface area contributed by atoms with E-state index in [-0.39, 0.29) is 5.92 Å². The molecule has 0 atom stereocenters. The van der Waals surface area contributed by atoms with Gasteiger partial charge in [-0.3, -0.25) is 0 Å². The van der Waals surface area contributed by atoms with Crippen molar-refractivity contribution in [3.8, 4) is 11.1 Å². The molecule has 0 amide bonds. The molecule has 0 nitrogen and oxygen atoms in total. The highest BCUT2D eigenvalue weighted by atomic mass is 35.5. The molecule has 3 aromatic carbocycles. The molecule has 0 spiro atoms. The molecule has 0 radical (unpaired) electrons. The Morgan fingerprint density at radius 2 is 1.14 bits per heavy atom. The highest BCUT2D eigenvalue weighted by Crippen LogP contribution is 2.49. The van der Waals surface area contributed by atoms with Crippen LogP contribution in [0.3, 0.4) is 0 Å². The molecule has 0 aromatic heterocycles. The summed E-state index contributed by atoms with van der Waals surface area (Å²) >= 11 is 12.4. The zero-order valence-corrected chi connectivity index (χ0v) is 12.7. The number of fused-ring (bicyclic) bond motifs is 3. The van der Waals surface area contributed by atoms with Gasteiger partial charge in [-0.05, 0) is 52.1 Å². The monoisotopic (exact) mass is 310 g/mol. The average Bonchev–Trinajstić information content (AvgIpc) is 2.81. The van der Waals surface area contributed by atoms with Crippen LogP contribution in [0.1, 0.15) is 22.6 Å². The van der Waals surface area contributed by atoms with Crippen LogP contribution in [0.4, 0.5) is 0 Å². The topological polar surface area (TPSA) is 0 Å². The summed E-state index contributed by atoms with van der Waals surface area (Å²) in [5.41, 5.74) is 6.26. The highest BCUT2D eigenvalue weighted by Gasteiger charge is 2.29. The molecule has 0 unspecified atom stereocenters. The van der Waals surface area contributed by atoms with Crippen LogP contribution in [0, 0.1) is 0 Å². The van der Waals surface area contributed by atoms with Crippen molar-refractivity contribution in [2.24, 2.45) is 0 Å². The molecule has 102 valence electrons. The Labute approximate surface area is 134 Å². The van der Waals surface area contributed by atoms with Gasteiger partial charge in [0.2, 0.25) is 0 Å². The van der Waals surface area contributed by atoms with Crippen LogP contribution >= 0.6 is 23.2 Å². The summed E-state index contributed by atoms with van der Waals surface area (Å²) in [6.45, 7) is 0. The maximum atomic E-state index is 6.19. The van der Waals surface area contributed by atoms with Crippen molar-refractivity contribution < 1.29 is 0 Å². The van der Waals surface area contributed by atoms with Gasteiger partial charge in [0.05, 0.1) is 0 Å². The molecule has 0 fully saturated rings. The van der Waals surface area contributed by atoms with E-state index in [0.29, 0.717) is 0 Å². The van der Waals surface area contributed by atoms with Gasteiger partial charge < -0.3 is 0 Å². The van der Waals surface area contributed by atoms with Crippen LogP contribution in [-0.4, -0.2) is 0 Å². The third kappa shape index (κ3) is 2.07. The van der Waals surface area contributed by atoms with E-state index in [4.69, 9.17) is 23.2 Å². The first-order valence-electron chi connectivity index (χ1n) is 6.88. The van der Waals surface area contributed by atoms with Gasteiger partial charge in [0.25, 0.3) is 0 Å². The molecular weight excluding hydrogens is 299 g/mol. The smallest absolute Gasteiger partial charge is 0.0412 e. The van der Waals surface area contributed by atoms with E-state index < -0.39 is 0 Å². The number of halogens is 2. The number of benzene rings is 3. The van der Waals surface area contributed by atoms with Crippen LogP contribution < -0.4 is 0 Å². The summed E-state index contributed by atoms with van der Waals surface area (Å²) in [6, 6.07) is 22.8. The Hall–Kier alpha value is -1.76. The molecule has 0 heterocycles. The zero-order valence-electron chi connectivity index (χ0n) is 11.2. The van der Waals surface area contributed by atoms with E-state index in [1.165, 1.54) is 27.8 Å². The minimum atomic E-state index is 0.255. The third-order valence-corrected chi connectivity index (χ3v) is 4.55. The van der Waals surface area contributed by atoms with Crippen LogP contribution in [0.5, 0.6) is 0 Å².